The molecule has 3 rings (SSSR count). The fourth-order valence-electron chi connectivity index (χ4n) is 2.45. The molecule has 0 unspecified atom stereocenters. The molecule has 2 heterocycles. The van der Waals surface area contributed by atoms with Crippen molar-refractivity contribution < 1.29 is 4.79 Å². The number of hydrogen-bond acceptors (Lipinski definition) is 4. The summed E-state index contributed by atoms with van der Waals surface area (Å²) < 4.78 is 1.55. The molecule has 0 atom stereocenters. The van der Waals surface area contributed by atoms with Crippen LogP contribution in [0.5, 0.6) is 0 Å². The van der Waals surface area contributed by atoms with Crippen LogP contribution in [0.25, 0.3) is 0 Å². The number of nitrogens with zero attached hydrogens (tertiary/aromatic N) is 4. The summed E-state index contributed by atoms with van der Waals surface area (Å²) in [6.45, 7) is 1.37. The average Bonchev–Trinajstić information content (AvgIpc) is 2.75. The maximum Gasteiger partial charge on any atom is 0.343 e. The molecular formula is C14H13N5O2. The maximum absolute atomic E-state index is 12.5. The maximum atomic E-state index is 12.5. The normalized spacial score (nSPS) is 14.1. The van der Waals surface area contributed by atoms with E-state index >= 15 is 0 Å². The summed E-state index contributed by atoms with van der Waals surface area (Å²) in [5.74, 6) is 0.537. The second-order valence-electron chi connectivity index (χ2n) is 4.83. The molecule has 0 saturated heterocycles. The number of aromatic amines is 1. The van der Waals surface area contributed by atoms with Crippen molar-refractivity contribution in [2.24, 2.45) is 0 Å². The SMILES string of the molecule is N#Cc1cccc(C(=O)N2CCc3n[nH]c(=O)n3CC2)c1. The summed E-state index contributed by atoms with van der Waals surface area (Å²) in [7, 11) is 0. The van der Waals surface area contributed by atoms with Gasteiger partial charge in [0.15, 0.2) is 0 Å². The highest BCUT2D eigenvalue weighted by molar-refractivity contribution is 5.94. The van der Waals surface area contributed by atoms with Crippen molar-refractivity contribution in [2.75, 3.05) is 13.1 Å². The number of benzene rings is 1. The molecule has 1 amide bonds. The van der Waals surface area contributed by atoms with E-state index in [4.69, 9.17) is 5.26 Å². The number of amides is 1. The van der Waals surface area contributed by atoms with Gasteiger partial charge in [-0.25, -0.2) is 9.89 Å². The number of carbonyl (C=O) groups is 1. The molecule has 0 fully saturated rings. The summed E-state index contributed by atoms with van der Waals surface area (Å²) in [6, 6.07) is 8.66. The number of rotatable bonds is 1. The fraction of sp³-hybridized carbons (Fsp3) is 0.286. The number of hydrogen-bond donors (Lipinski definition) is 1. The molecule has 7 heteroatoms. The Morgan fingerprint density at radius 1 is 1.33 bits per heavy atom. The van der Waals surface area contributed by atoms with Gasteiger partial charge in [-0.2, -0.15) is 10.4 Å². The van der Waals surface area contributed by atoms with E-state index in [1.54, 1.807) is 33.7 Å². The minimum atomic E-state index is -0.245. The van der Waals surface area contributed by atoms with E-state index in [9.17, 15) is 9.59 Å². The van der Waals surface area contributed by atoms with Gasteiger partial charge < -0.3 is 4.90 Å². The van der Waals surface area contributed by atoms with Crippen LogP contribution < -0.4 is 5.69 Å². The summed E-state index contributed by atoms with van der Waals surface area (Å²) >= 11 is 0. The van der Waals surface area contributed by atoms with Crippen molar-refractivity contribution in [3.05, 3.63) is 51.7 Å². The lowest BCUT2D eigenvalue weighted by Gasteiger charge is -2.20. The molecule has 0 aliphatic carbocycles. The lowest BCUT2D eigenvalue weighted by atomic mass is 10.1. The van der Waals surface area contributed by atoms with E-state index < -0.39 is 0 Å². The van der Waals surface area contributed by atoms with Crippen LogP contribution in [0.1, 0.15) is 21.7 Å². The largest absolute Gasteiger partial charge is 0.343 e. The minimum Gasteiger partial charge on any atom is -0.336 e. The van der Waals surface area contributed by atoms with Gasteiger partial charge in [-0.1, -0.05) is 6.07 Å². The smallest absolute Gasteiger partial charge is 0.336 e. The second-order valence-corrected chi connectivity index (χ2v) is 4.83. The van der Waals surface area contributed by atoms with Crippen molar-refractivity contribution in [2.45, 2.75) is 13.0 Å². The lowest BCUT2D eigenvalue weighted by Crippen LogP contribution is -2.34. The van der Waals surface area contributed by atoms with Gasteiger partial charge in [0, 0.05) is 31.6 Å². The Morgan fingerprint density at radius 3 is 3.00 bits per heavy atom. The van der Waals surface area contributed by atoms with Crippen LogP contribution in [0.3, 0.4) is 0 Å². The molecule has 1 aromatic heterocycles. The van der Waals surface area contributed by atoms with Crippen LogP contribution in [0.15, 0.2) is 29.1 Å². The summed E-state index contributed by atoms with van der Waals surface area (Å²) in [6.07, 6.45) is 0.530. The van der Waals surface area contributed by atoms with Crippen molar-refractivity contribution in [3.8, 4) is 6.07 Å². The molecule has 1 aliphatic rings. The molecule has 1 aliphatic heterocycles. The van der Waals surface area contributed by atoms with Crippen LogP contribution in [-0.2, 0) is 13.0 Å². The van der Waals surface area contributed by atoms with Crippen molar-refractivity contribution >= 4 is 5.91 Å². The summed E-state index contributed by atoms with van der Waals surface area (Å²) in [5, 5.41) is 15.3. The first kappa shape index (κ1) is 13.1. The molecule has 0 spiro atoms. The van der Waals surface area contributed by atoms with E-state index in [0.29, 0.717) is 43.0 Å². The molecule has 2 aromatic rings. The first-order chi connectivity index (χ1) is 10.2. The Labute approximate surface area is 120 Å². The van der Waals surface area contributed by atoms with Crippen molar-refractivity contribution in [1.82, 2.24) is 19.7 Å². The van der Waals surface area contributed by atoms with Gasteiger partial charge in [0.25, 0.3) is 5.91 Å². The monoisotopic (exact) mass is 283 g/mol. The second kappa shape index (κ2) is 5.25. The standard InChI is InChI=1S/C14H13N5O2/c15-9-10-2-1-3-11(8-10)13(20)18-5-4-12-16-17-14(21)19(12)7-6-18/h1-3,8H,4-7H2,(H,17,21). The predicted molar refractivity (Wildman–Crippen MR) is 73.6 cm³/mol. The molecule has 106 valence electrons. The summed E-state index contributed by atoms with van der Waals surface area (Å²) in [4.78, 5) is 25.7. The Balaban J connectivity index is 1.81. The number of nitriles is 1. The minimum absolute atomic E-state index is 0.130. The first-order valence-electron chi connectivity index (χ1n) is 6.62. The molecular weight excluding hydrogens is 270 g/mol. The highest BCUT2D eigenvalue weighted by Crippen LogP contribution is 2.11. The zero-order valence-corrected chi connectivity index (χ0v) is 11.2. The third kappa shape index (κ3) is 2.43. The molecule has 0 saturated carbocycles. The van der Waals surface area contributed by atoms with Gasteiger partial charge in [-0.3, -0.25) is 9.36 Å². The van der Waals surface area contributed by atoms with Crippen LogP contribution in [-0.4, -0.2) is 38.7 Å². The van der Waals surface area contributed by atoms with Crippen LogP contribution in [0.4, 0.5) is 0 Å². The van der Waals surface area contributed by atoms with E-state index in [1.807, 2.05) is 6.07 Å². The lowest BCUT2D eigenvalue weighted by molar-refractivity contribution is 0.0758. The Morgan fingerprint density at radius 2 is 2.19 bits per heavy atom. The highest BCUT2D eigenvalue weighted by Gasteiger charge is 2.21. The predicted octanol–water partition coefficient (Wildman–Crippen LogP) is 0.142. The van der Waals surface area contributed by atoms with Gasteiger partial charge in [0.1, 0.15) is 5.82 Å². The Bertz CT molecular complexity index is 783. The van der Waals surface area contributed by atoms with Crippen molar-refractivity contribution in [3.63, 3.8) is 0 Å². The van der Waals surface area contributed by atoms with Gasteiger partial charge in [-0.05, 0) is 18.2 Å². The number of nitrogens with one attached hydrogen (secondary N) is 1. The third-order valence-corrected chi connectivity index (χ3v) is 3.56. The van der Waals surface area contributed by atoms with Gasteiger partial charge in [0.05, 0.1) is 11.6 Å². The van der Waals surface area contributed by atoms with Crippen LogP contribution in [0.2, 0.25) is 0 Å². The van der Waals surface area contributed by atoms with E-state index in [0.717, 1.165) is 0 Å². The first-order valence-corrected chi connectivity index (χ1v) is 6.62. The quantitative estimate of drug-likeness (QED) is 0.805. The summed E-state index contributed by atoms with van der Waals surface area (Å²) in [5.41, 5.74) is 0.702. The molecule has 0 bridgehead atoms. The molecule has 7 nitrogen and oxygen atoms in total. The third-order valence-electron chi connectivity index (χ3n) is 3.56. The molecule has 21 heavy (non-hydrogen) atoms. The fourth-order valence-corrected chi connectivity index (χ4v) is 2.45. The topological polar surface area (TPSA) is 94.8 Å². The van der Waals surface area contributed by atoms with Crippen molar-refractivity contribution in [1.29, 1.82) is 5.26 Å². The van der Waals surface area contributed by atoms with Gasteiger partial charge >= 0.3 is 5.69 Å². The Kier molecular flexibility index (Phi) is 3.28. The average molecular weight is 283 g/mol. The number of aromatic nitrogens is 3. The van der Waals surface area contributed by atoms with E-state index in [-0.39, 0.29) is 11.6 Å². The van der Waals surface area contributed by atoms with Gasteiger partial charge in [-0.15, -0.1) is 0 Å². The number of fused-ring (bicyclic) bond motifs is 1. The van der Waals surface area contributed by atoms with E-state index in [1.165, 1.54) is 0 Å². The zero-order valence-electron chi connectivity index (χ0n) is 11.2. The van der Waals surface area contributed by atoms with Crippen LogP contribution in [0, 0.1) is 11.3 Å². The molecule has 1 aromatic carbocycles. The van der Waals surface area contributed by atoms with Crippen LogP contribution >= 0.6 is 0 Å². The molecule has 1 N–H and O–H groups in total. The number of H-pyrrole nitrogens is 1. The Hall–Kier alpha value is -2.88. The highest BCUT2D eigenvalue weighted by atomic mass is 16.2. The zero-order chi connectivity index (χ0) is 14.8. The van der Waals surface area contributed by atoms with Gasteiger partial charge in [0.2, 0.25) is 0 Å². The molecule has 0 radical (unpaired) electrons. The number of carbonyl (C=O) groups excluding carboxylic acids is 1. The van der Waals surface area contributed by atoms with E-state index in [2.05, 4.69) is 10.2 Å².